The molecule has 0 saturated heterocycles. The summed E-state index contributed by atoms with van der Waals surface area (Å²) >= 11 is 0. The summed E-state index contributed by atoms with van der Waals surface area (Å²) in [5.74, 6) is 0.759. The SMILES string of the molecule is CC(C)(C)OC(=O)N(CCCCCCCCCCCOc1ccc(COS(C)(=O)=O)cc1)C(=O)OC(C)(C)C. The number of rotatable bonds is 16. The molecule has 2 amide bonds. The summed E-state index contributed by atoms with van der Waals surface area (Å²) in [6.07, 6.45) is 9.03. The Labute approximate surface area is 235 Å². The highest BCUT2D eigenvalue weighted by molar-refractivity contribution is 7.85. The second-order valence-corrected chi connectivity index (χ2v) is 13.4. The van der Waals surface area contributed by atoms with Crippen LogP contribution < -0.4 is 4.74 Å². The molecular weight excluding hydrogens is 522 g/mol. The number of ether oxygens (including phenoxy) is 3. The summed E-state index contributed by atoms with van der Waals surface area (Å²) in [6, 6.07) is 7.24. The lowest BCUT2D eigenvalue weighted by Gasteiger charge is -2.28. The van der Waals surface area contributed by atoms with Crippen molar-refractivity contribution in [3.63, 3.8) is 0 Å². The van der Waals surface area contributed by atoms with E-state index in [9.17, 15) is 18.0 Å². The quantitative estimate of drug-likeness (QED) is 0.151. The molecule has 0 spiro atoms. The number of carbonyl (C=O) groups excluding carboxylic acids is 2. The van der Waals surface area contributed by atoms with Crippen LogP contribution in [0, 0.1) is 0 Å². The van der Waals surface area contributed by atoms with Crippen molar-refractivity contribution in [3.8, 4) is 5.75 Å². The molecule has 0 atom stereocenters. The van der Waals surface area contributed by atoms with Gasteiger partial charge in [0.15, 0.2) is 0 Å². The van der Waals surface area contributed by atoms with Crippen LogP contribution in [0.4, 0.5) is 9.59 Å². The molecule has 39 heavy (non-hydrogen) atoms. The molecule has 0 fully saturated rings. The third-order valence-electron chi connectivity index (χ3n) is 5.39. The molecule has 0 unspecified atom stereocenters. The first-order chi connectivity index (χ1) is 18.1. The lowest BCUT2D eigenvalue weighted by molar-refractivity contribution is 0.00117. The summed E-state index contributed by atoms with van der Waals surface area (Å²) in [4.78, 5) is 26.1. The fourth-order valence-corrected chi connectivity index (χ4v) is 3.90. The first-order valence-electron chi connectivity index (χ1n) is 13.9. The van der Waals surface area contributed by atoms with Crippen LogP contribution in [0.15, 0.2) is 24.3 Å². The van der Waals surface area contributed by atoms with Crippen LogP contribution in [0.2, 0.25) is 0 Å². The smallest absolute Gasteiger partial charge is 0.419 e. The van der Waals surface area contributed by atoms with Crippen molar-refractivity contribution in [1.82, 2.24) is 4.90 Å². The third-order valence-corrected chi connectivity index (χ3v) is 5.93. The van der Waals surface area contributed by atoms with Crippen LogP contribution in [0.25, 0.3) is 0 Å². The fourth-order valence-electron chi connectivity index (χ4n) is 3.55. The maximum atomic E-state index is 12.5. The molecule has 9 nitrogen and oxygen atoms in total. The maximum absolute atomic E-state index is 12.5. The number of hydrogen-bond donors (Lipinski definition) is 0. The van der Waals surface area contributed by atoms with Gasteiger partial charge in [-0.05, 0) is 72.1 Å². The number of nitrogens with zero attached hydrogens (tertiary/aromatic N) is 1. The van der Waals surface area contributed by atoms with E-state index >= 15 is 0 Å². The van der Waals surface area contributed by atoms with Crippen molar-refractivity contribution >= 4 is 22.3 Å². The van der Waals surface area contributed by atoms with E-state index in [-0.39, 0.29) is 13.2 Å². The van der Waals surface area contributed by atoms with E-state index in [4.69, 9.17) is 18.4 Å². The van der Waals surface area contributed by atoms with Gasteiger partial charge in [-0.15, -0.1) is 0 Å². The van der Waals surface area contributed by atoms with E-state index in [1.54, 1.807) is 53.7 Å². The molecule has 0 aliphatic rings. The van der Waals surface area contributed by atoms with Gasteiger partial charge >= 0.3 is 12.2 Å². The Morgan fingerprint density at radius 1 is 0.718 bits per heavy atom. The van der Waals surface area contributed by atoms with E-state index in [1.165, 1.54) is 0 Å². The molecule has 0 saturated carbocycles. The van der Waals surface area contributed by atoms with Crippen LogP contribution in [0.3, 0.4) is 0 Å². The first kappa shape index (κ1) is 34.7. The third kappa shape index (κ3) is 18.6. The van der Waals surface area contributed by atoms with Crippen LogP contribution in [0.5, 0.6) is 5.75 Å². The zero-order valence-electron chi connectivity index (χ0n) is 24.9. The van der Waals surface area contributed by atoms with Gasteiger partial charge in [-0.2, -0.15) is 8.42 Å². The lowest BCUT2D eigenvalue weighted by atomic mass is 10.1. The van der Waals surface area contributed by atoms with Crippen LogP contribution in [-0.2, 0) is 30.4 Å². The molecule has 0 bridgehead atoms. The van der Waals surface area contributed by atoms with Gasteiger partial charge in [0.25, 0.3) is 10.1 Å². The lowest BCUT2D eigenvalue weighted by Crippen LogP contribution is -2.44. The molecular formula is C29H49NO8S. The van der Waals surface area contributed by atoms with Gasteiger partial charge in [-0.3, -0.25) is 4.18 Å². The Morgan fingerprint density at radius 2 is 1.15 bits per heavy atom. The van der Waals surface area contributed by atoms with E-state index in [1.807, 2.05) is 12.1 Å². The van der Waals surface area contributed by atoms with Crippen molar-refractivity contribution in [2.24, 2.45) is 0 Å². The highest BCUT2D eigenvalue weighted by Gasteiger charge is 2.30. The summed E-state index contributed by atoms with van der Waals surface area (Å²) in [7, 11) is -3.45. The topological polar surface area (TPSA) is 108 Å². The standard InChI is InChI=1S/C29H49NO8S/c1-28(2,3)37-26(31)30(27(32)38-29(4,5)6)21-15-13-11-9-8-10-12-14-16-22-35-25-19-17-24(18-20-25)23-36-39(7,33)34/h17-20H,8-16,21-23H2,1-7H3. The molecule has 1 rings (SSSR count). The Bertz CT molecular complexity index is 934. The minimum atomic E-state index is -3.45. The highest BCUT2D eigenvalue weighted by Crippen LogP contribution is 2.17. The summed E-state index contributed by atoms with van der Waals surface area (Å²) < 4.78 is 43.4. The van der Waals surface area contributed by atoms with Gasteiger partial charge in [0.05, 0.1) is 19.5 Å². The molecule has 0 heterocycles. The van der Waals surface area contributed by atoms with Gasteiger partial charge in [0.1, 0.15) is 17.0 Å². The molecule has 10 heteroatoms. The summed E-state index contributed by atoms with van der Waals surface area (Å²) in [5, 5.41) is 0. The number of hydrogen-bond acceptors (Lipinski definition) is 8. The second kappa shape index (κ2) is 16.7. The molecule has 1 aromatic carbocycles. The highest BCUT2D eigenvalue weighted by atomic mass is 32.2. The number of imide groups is 1. The van der Waals surface area contributed by atoms with E-state index < -0.39 is 33.5 Å². The van der Waals surface area contributed by atoms with E-state index in [0.717, 1.165) is 73.8 Å². The normalized spacial score (nSPS) is 12.2. The fraction of sp³-hybridized carbons (Fsp3) is 0.724. The number of amides is 2. The van der Waals surface area contributed by atoms with Crippen molar-refractivity contribution < 1.29 is 36.4 Å². The Hall–Kier alpha value is -2.33. The van der Waals surface area contributed by atoms with Gasteiger partial charge in [-0.25, -0.2) is 14.5 Å². The molecule has 0 radical (unpaired) electrons. The van der Waals surface area contributed by atoms with Crippen LogP contribution in [-0.4, -0.2) is 56.1 Å². The maximum Gasteiger partial charge on any atom is 0.419 e. The van der Waals surface area contributed by atoms with Crippen molar-refractivity contribution in [2.75, 3.05) is 19.4 Å². The second-order valence-electron chi connectivity index (χ2n) is 11.8. The molecule has 1 aromatic rings. The average Bonchev–Trinajstić information content (AvgIpc) is 2.78. The summed E-state index contributed by atoms with van der Waals surface area (Å²) in [5.41, 5.74) is -0.599. The molecule has 0 aliphatic heterocycles. The Balaban J connectivity index is 2.16. The first-order valence-corrected chi connectivity index (χ1v) is 15.7. The van der Waals surface area contributed by atoms with Gasteiger partial charge in [0, 0.05) is 6.54 Å². The Kier molecular flexibility index (Phi) is 14.9. The van der Waals surface area contributed by atoms with E-state index in [0.29, 0.717) is 13.0 Å². The predicted octanol–water partition coefficient (Wildman–Crippen LogP) is 7.22. The van der Waals surface area contributed by atoms with E-state index in [2.05, 4.69) is 0 Å². The van der Waals surface area contributed by atoms with Crippen molar-refractivity contribution in [3.05, 3.63) is 29.8 Å². The zero-order valence-corrected chi connectivity index (χ0v) is 25.7. The number of carbonyl (C=O) groups is 2. The minimum Gasteiger partial charge on any atom is -0.494 e. The van der Waals surface area contributed by atoms with Crippen molar-refractivity contribution in [2.45, 2.75) is 117 Å². The zero-order chi connectivity index (χ0) is 29.5. The van der Waals surface area contributed by atoms with Crippen LogP contribution in [0.1, 0.15) is 105 Å². The number of benzene rings is 1. The Morgan fingerprint density at radius 3 is 1.59 bits per heavy atom. The minimum absolute atomic E-state index is 0.0235. The predicted molar refractivity (Wildman–Crippen MR) is 152 cm³/mol. The summed E-state index contributed by atoms with van der Waals surface area (Å²) in [6.45, 7) is 11.6. The molecule has 0 N–H and O–H groups in total. The van der Waals surface area contributed by atoms with Crippen molar-refractivity contribution in [1.29, 1.82) is 0 Å². The average molecular weight is 572 g/mol. The van der Waals surface area contributed by atoms with Gasteiger partial charge in [0.2, 0.25) is 0 Å². The van der Waals surface area contributed by atoms with Gasteiger partial charge in [-0.1, -0.05) is 57.1 Å². The molecule has 0 aromatic heterocycles. The molecule has 224 valence electrons. The molecule has 0 aliphatic carbocycles. The van der Waals surface area contributed by atoms with Crippen LogP contribution >= 0.6 is 0 Å². The largest absolute Gasteiger partial charge is 0.494 e. The monoisotopic (exact) mass is 571 g/mol. The number of unbranched alkanes of at least 4 members (excludes halogenated alkanes) is 8. The van der Waals surface area contributed by atoms with Gasteiger partial charge < -0.3 is 14.2 Å².